The number of carbonyl (C=O) groups excluding carboxylic acids is 1. The minimum Gasteiger partial charge on any atom is -0.463 e. The Bertz CT molecular complexity index is 923. The van der Waals surface area contributed by atoms with Crippen LogP contribution in [0, 0.1) is 12.7 Å². The van der Waals surface area contributed by atoms with E-state index in [2.05, 4.69) is 15.3 Å². The number of benzene rings is 1. The molecule has 8 heteroatoms. The molecular formula is C18H17ClFN3O2S. The van der Waals surface area contributed by atoms with Crippen LogP contribution in [0.2, 0.25) is 5.02 Å². The van der Waals surface area contributed by atoms with Gasteiger partial charge in [0.15, 0.2) is 5.84 Å². The first-order chi connectivity index (χ1) is 12.4. The lowest BCUT2D eigenvalue weighted by Crippen LogP contribution is -2.33. The quantitative estimate of drug-likeness (QED) is 0.792. The summed E-state index contributed by atoms with van der Waals surface area (Å²) in [5, 5.41) is 6.10. The molecule has 1 aromatic heterocycles. The second-order valence-electron chi connectivity index (χ2n) is 5.68. The van der Waals surface area contributed by atoms with Crippen LogP contribution in [-0.2, 0) is 9.53 Å². The fourth-order valence-electron chi connectivity index (χ4n) is 2.70. The molecule has 26 heavy (non-hydrogen) atoms. The zero-order valence-electron chi connectivity index (χ0n) is 14.5. The molecule has 0 bridgehead atoms. The Morgan fingerprint density at radius 2 is 2.19 bits per heavy atom. The van der Waals surface area contributed by atoms with Gasteiger partial charge in [-0.2, -0.15) is 0 Å². The third-order valence-electron chi connectivity index (χ3n) is 3.86. The van der Waals surface area contributed by atoms with Crippen molar-refractivity contribution in [2.45, 2.75) is 26.8 Å². The Balaban J connectivity index is 2.12. The van der Waals surface area contributed by atoms with Gasteiger partial charge in [-0.1, -0.05) is 17.7 Å². The average molecular weight is 394 g/mol. The van der Waals surface area contributed by atoms with E-state index in [1.54, 1.807) is 13.8 Å². The number of nitrogens with one attached hydrogen (secondary N) is 1. The SMILES string of the molecule is CCOC(=O)C1=C(C)NC(c2csc(C)n2)=NC1c1ccc(F)cc1Cl. The summed E-state index contributed by atoms with van der Waals surface area (Å²) < 4.78 is 18.6. The van der Waals surface area contributed by atoms with Gasteiger partial charge < -0.3 is 10.1 Å². The van der Waals surface area contributed by atoms with E-state index in [9.17, 15) is 9.18 Å². The van der Waals surface area contributed by atoms with Gasteiger partial charge in [-0.3, -0.25) is 4.99 Å². The average Bonchev–Trinajstić information content (AvgIpc) is 3.01. The molecular weight excluding hydrogens is 377 g/mol. The van der Waals surface area contributed by atoms with Crippen LogP contribution in [0.3, 0.4) is 0 Å². The number of carbonyl (C=O) groups is 1. The van der Waals surface area contributed by atoms with E-state index < -0.39 is 17.8 Å². The van der Waals surface area contributed by atoms with Crippen molar-refractivity contribution in [3.05, 3.63) is 62.0 Å². The molecule has 0 spiro atoms. The molecule has 1 N–H and O–H groups in total. The molecule has 3 rings (SSSR count). The van der Waals surface area contributed by atoms with Crippen molar-refractivity contribution >= 4 is 34.7 Å². The number of esters is 1. The Hall–Kier alpha value is -2.25. The van der Waals surface area contributed by atoms with Gasteiger partial charge in [-0.25, -0.2) is 14.2 Å². The lowest BCUT2D eigenvalue weighted by atomic mass is 9.95. The molecule has 0 saturated heterocycles. The summed E-state index contributed by atoms with van der Waals surface area (Å²) in [6.45, 7) is 5.64. The van der Waals surface area contributed by atoms with E-state index >= 15 is 0 Å². The zero-order chi connectivity index (χ0) is 18.8. The van der Waals surface area contributed by atoms with Crippen molar-refractivity contribution in [3.8, 4) is 0 Å². The molecule has 1 unspecified atom stereocenters. The Morgan fingerprint density at radius 3 is 2.81 bits per heavy atom. The maximum absolute atomic E-state index is 13.5. The van der Waals surface area contributed by atoms with Crippen LogP contribution in [0.5, 0.6) is 0 Å². The number of amidine groups is 1. The standard InChI is InChI=1S/C18H17ClFN3O2S/c1-4-25-18(24)15-9(2)21-17(14-8-26-10(3)22-14)23-16(15)12-6-5-11(20)7-13(12)19/h5-8,16H,4H2,1-3H3,(H,21,23). The number of hydrogen-bond donors (Lipinski definition) is 1. The number of thiazole rings is 1. The van der Waals surface area contributed by atoms with Crippen LogP contribution in [0.1, 0.15) is 36.2 Å². The topological polar surface area (TPSA) is 63.6 Å². The van der Waals surface area contributed by atoms with E-state index in [1.165, 1.54) is 29.5 Å². The second kappa shape index (κ2) is 7.55. The summed E-state index contributed by atoms with van der Waals surface area (Å²) in [7, 11) is 0. The van der Waals surface area contributed by atoms with Gasteiger partial charge in [0, 0.05) is 21.7 Å². The molecule has 0 aliphatic carbocycles. The lowest BCUT2D eigenvalue weighted by Gasteiger charge is -2.26. The van der Waals surface area contributed by atoms with Crippen LogP contribution in [-0.4, -0.2) is 23.4 Å². The Labute approximate surface area is 159 Å². The van der Waals surface area contributed by atoms with Crippen molar-refractivity contribution < 1.29 is 13.9 Å². The maximum Gasteiger partial charge on any atom is 0.338 e. The fourth-order valence-corrected chi connectivity index (χ4v) is 3.57. The minimum absolute atomic E-state index is 0.198. The summed E-state index contributed by atoms with van der Waals surface area (Å²) in [6.07, 6.45) is 0. The van der Waals surface area contributed by atoms with Crippen molar-refractivity contribution in [3.63, 3.8) is 0 Å². The van der Waals surface area contributed by atoms with Crippen LogP contribution in [0.4, 0.5) is 4.39 Å². The second-order valence-corrected chi connectivity index (χ2v) is 7.15. The first-order valence-electron chi connectivity index (χ1n) is 8.00. The smallest absolute Gasteiger partial charge is 0.338 e. The third kappa shape index (κ3) is 3.64. The predicted octanol–water partition coefficient (Wildman–Crippen LogP) is 4.17. The molecule has 1 aliphatic heterocycles. The third-order valence-corrected chi connectivity index (χ3v) is 4.96. The number of halogens is 2. The predicted molar refractivity (Wildman–Crippen MR) is 100 cm³/mol. The first kappa shape index (κ1) is 18.5. The maximum atomic E-state index is 13.5. The normalized spacial score (nSPS) is 17.0. The number of allylic oxidation sites excluding steroid dienone is 1. The lowest BCUT2D eigenvalue weighted by molar-refractivity contribution is -0.138. The number of aryl methyl sites for hydroxylation is 1. The van der Waals surface area contributed by atoms with Gasteiger partial charge in [0.25, 0.3) is 0 Å². The van der Waals surface area contributed by atoms with Crippen molar-refractivity contribution in [1.29, 1.82) is 0 Å². The first-order valence-corrected chi connectivity index (χ1v) is 9.26. The van der Waals surface area contributed by atoms with Gasteiger partial charge in [-0.05, 0) is 32.9 Å². The summed E-state index contributed by atoms with van der Waals surface area (Å²) >= 11 is 7.74. The van der Waals surface area contributed by atoms with Crippen molar-refractivity contribution in [1.82, 2.24) is 10.3 Å². The molecule has 1 aliphatic rings. The molecule has 0 saturated carbocycles. The van der Waals surface area contributed by atoms with Gasteiger partial charge in [0.2, 0.25) is 0 Å². The molecule has 0 amide bonds. The van der Waals surface area contributed by atoms with Gasteiger partial charge in [0.1, 0.15) is 17.6 Å². The highest BCUT2D eigenvalue weighted by atomic mass is 35.5. The van der Waals surface area contributed by atoms with E-state index in [-0.39, 0.29) is 11.6 Å². The van der Waals surface area contributed by atoms with Crippen molar-refractivity contribution in [2.75, 3.05) is 6.61 Å². The molecule has 2 heterocycles. The number of aromatic nitrogens is 1. The van der Waals surface area contributed by atoms with Gasteiger partial charge in [0.05, 0.1) is 17.2 Å². The van der Waals surface area contributed by atoms with Gasteiger partial charge in [-0.15, -0.1) is 11.3 Å². The molecule has 5 nitrogen and oxygen atoms in total. The number of hydrogen-bond acceptors (Lipinski definition) is 6. The number of aliphatic imine (C=N–C) groups is 1. The number of nitrogens with zero attached hydrogens (tertiary/aromatic N) is 2. The fraction of sp³-hybridized carbons (Fsp3) is 0.278. The van der Waals surface area contributed by atoms with Crippen LogP contribution in [0.25, 0.3) is 0 Å². The summed E-state index contributed by atoms with van der Waals surface area (Å²) in [6, 6.07) is 3.33. The summed E-state index contributed by atoms with van der Waals surface area (Å²) in [4.78, 5) is 21.6. The van der Waals surface area contributed by atoms with E-state index in [4.69, 9.17) is 16.3 Å². The molecule has 0 fully saturated rings. The molecule has 0 radical (unpaired) electrons. The minimum atomic E-state index is -0.708. The monoisotopic (exact) mass is 393 g/mol. The van der Waals surface area contributed by atoms with Crippen molar-refractivity contribution in [2.24, 2.45) is 4.99 Å². The van der Waals surface area contributed by atoms with Crippen LogP contribution >= 0.6 is 22.9 Å². The number of ether oxygens (including phenoxy) is 1. The van der Waals surface area contributed by atoms with Crippen LogP contribution in [0.15, 0.2) is 39.8 Å². The largest absolute Gasteiger partial charge is 0.463 e. The summed E-state index contributed by atoms with van der Waals surface area (Å²) in [5.74, 6) is -0.407. The highest BCUT2D eigenvalue weighted by Gasteiger charge is 2.32. The highest BCUT2D eigenvalue weighted by Crippen LogP contribution is 2.36. The van der Waals surface area contributed by atoms with E-state index in [1.807, 2.05) is 12.3 Å². The summed E-state index contributed by atoms with van der Waals surface area (Å²) in [5.41, 5.74) is 2.15. The van der Waals surface area contributed by atoms with Crippen LogP contribution < -0.4 is 5.32 Å². The molecule has 2 aromatic rings. The molecule has 1 aromatic carbocycles. The van der Waals surface area contributed by atoms with E-state index in [0.29, 0.717) is 28.4 Å². The highest BCUT2D eigenvalue weighted by molar-refractivity contribution is 7.09. The van der Waals surface area contributed by atoms with E-state index in [0.717, 1.165) is 5.01 Å². The van der Waals surface area contributed by atoms with Gasteiger partial charge >= 0.3 is 5.97 Å². The zero-order valence-corrected chi connectivity index (χ0v) is 16.0. The molecule has 1 atom stereocenters. The Kier molecular flexibility index (Phi) is 5.38. The molecule has 136 valence electrons. The number of rotatable bonds is 4. The Morgan fingerprint density at radius 1 is 1.42 bits per heavy atom.